The molecule has 0 bridgehead atoms. The summed E-state index contributed by atoms with van der Waals surface area (Å²) in [6, 6.07) is 0.393. The first-order chi connectivity index (χ1) is 6.27. The van der Waals surface area contributed by atoms with Crippen molar-refractivity contribution in [1.29, 1.82) is 0 Å². The molecule has 1 unspecified atom stereocenters. The minimum absolute atomic E-state index is 0.393. The molecule has 0 radical (unpaired) electrons. The van der Waals surface area contributed by atoms with E-state index in [4.69, 9.17) is 4.74 Å². The van der Waals surface area contributed by atoms with Crippen molar-refractivity contribution in [3.8, 4) is 0 Å². The molecule has 0 amide bonds. The molecule has 1 aliphatic heterocycles. The second-order valence-electron chi connectivity index (χ2n) is 4.20. The van der Waals surface area contributed by atoms with Crippen LogP contribution in [0, 0.1) is 11.8 Å². The molecule has 0 saturated carbocycles. The molecule has 1 aliphatic carbocycles. The molecular formula is C11H17NO. The highest BCUT2D eigenvalue weighted by Gasteiger charge is 2.26. The Balaban J connectivity index is 2.01. The number of aliphatic imine (C=N–C) groups is 1. The highest BCUT2D eigenvalue weighted by molar-refractivity contribution is 5.82. The lowest BCUT2D eigenvalue weighted by Crippen LogP contribution is -2.13. The maximum absolute atomic E-state index is 5.61. The van der Waals surface area contributed by atoms with Crippen molar-refractivity contribution in [3.63, 3.8) is 0 Å². The van der Waals surface area contributed by atoms with E-state index in [-0.39, 0.29) is 0 Å². The van der Waals surface area contributed by atoms with Crippen LogP contribution in [0.3, 0.4) is 0 Å². The van der Waals surface area contributed by atoms with Crippen LogP contribution in [0.1, 0.15) is 26.7 Å². The summed E-state index contributed by atoms with van der Waals surface area (Å²) in [4.78, 5) is 4.61. The fraction of sp³-hybridized carbons (Fsp3) is 0.727. The molecule has 0 spiro atoms. The topological polar surface area (TPSA) is 21.6 Å². The molecule has 13 heavy (non-hydrogen) atoms. The summed E-state index contributed by atoms with van der Waals surface area (Å²) in [6.45, 7) is 5.19. The van der Waals surface area contributed by atoms with Crippen molar-refractivity contribution in [2.75, 3.05) is 6.61 Å². The van der Waals surface area contributed by atoms with Gasteiger partial charge in [-0.25, -0.2) is 4.99 Å². The van der Waals surface area contributed by atoms with Gasteiger partial charge in [0.05, 0.1) is 12.0 Å². The summed E-state index contributed by atoms with van der Waals surface area (Å²) >= 11 is 0. The number of ether oxygens (including phenoxy) is 1. The number of hydrogen-bond acceptors (Lipinski definition) is 2. The second kappa shape index (κ2) is 3.52. The molecule has 0 aromatic carbocycles. The van der Waals surface area contributed by atoms with E-state index in [2.05, 4.69) is 31.0 Å². The summed E-state index contributed by atoms with van der Waals surface area (Å²) < 4.78 is 5.61. The van der Waals surface area contributed by atoms with E-state index >= 15 is 0 Å². The van der Waals surface area contributed by atoms with Gasteiger partial charge in [0.2, 0.25) is 0 Å². The van der Waals surface area contributed by atoms with Crippen LogP contribution < -0.4 is 0 Å². The third kappa shape index (κ3) is 1.77. The maximum Gasteiger partial charge on any atom is 0.190 e. The van der Waals surface area contributed by atoms with Crippen molar-refractivity contribution in [2.45, 2.75) is 32.7 Å². The Labute approximate surface area is 79.7 Å². The molecule has 2 atom stereocenters. The molecule has 1 heterocycles. The van der Waals surface area contributed by atoms with Gasteiger partial charge in [-0.05, 0) is 18.8 Å². The lowest BCUT2D eigenvalue weighted by molar-refractivity contribution is 0.280. The van der Waals surface area contributed by atoms with Crippen LogP contribution >= 0.6 is 0 Å². The molecule has 2 aliphatic rings. The van der Waals surface area contributed by atoms with Gasteiger partial charge < -0.3 is 4.74 Å². The zero-order chi connectivity index (χ0) is 9.26. The molecule has 0 N–H and O–H groups in total. The van der Waals surface area contributed by atoms with Gasteiger partial charge in [0.1, 0.15) is 6.61 Å². The average Bonchev–Trinajstić information content (AvgIpc) is 2.75. The fourth-order valence-electron chi connectivity index (χ4n) is 1.79. The van der Waals surface area contributed by atoms with Crippen LogP contribution in [0.4, 0.5) is 0 Å². The van der Waals surface area contributed by atoms with Gasteiger partial charge in [-0.2, -0.15) is 0 Å². The van der Waals surface area contributed by atoms with Crippen molar-refractivity contribution in [3.05, 3.63) is 12.2 Å². The first-order valence-electron chi connectivity index (χ1n) is 5.14. The van der Waals surface area contributed by atoms with Gasteiger partial charge in [-0.3, -0.25) is 0 Å². The molecule has 2 heteroatoms. The summed E-state index contributed by atoms with van der Waals surface area (Å²) in [5.41, 5.74) is 0. The Hall–Kier alpha value is -0.790. The fourth-order valence-corrected chi connectivity index (χ4v) is 1.79. The Morgan fingerprint density at radius 3 is 2.92 bits per heavy atom. The lowest BCUT2D eigenvalue weighted by Gasteiger charge is -2.06. The van der Waals surface area contributed by atoms with Gasteiger partial charge in [0.15, 0.2) is 5.90 Å². The number of nitrogens with zero attached hydrogens (tertiary/aromatic N) is 1. The molecule has 0 aromatic rings. The highest BCUT2D eigenvalue weighted by atomic mass is 16.5. The monoisotopic (exact) mass is 179 g/mol. The first-order valence-corrected chi connectivity index (χ1v) is 5.14. The maximum atomic E-state index is 5.61. The normalized spacial score (nSPS) is 32.4. The van der Waals surface area contributed by atoms with Crippen LogP contribution in [0.2, 0.25) is 0 Å². The summed E-state index contributed by atoms with van der Waals surface area (Å²) in [5, 5.41) is 0. The van der Waals surface area contributed by atoms with E-state index in [1.54, 1.807) is 0 Å². The van der Waals surface area contributed by atoms with Crippen LogP contribution in [-0.4, -0.2) is 18.5 Å². The minimum atomic E-state index is 0.393. The molecule has 2 rings (SSSR count). The van der Waals surface area contributed by atoms with Gasteiger partial charge >= 0.3 is 0 Å². The minimum Gasteiger partial charge on any atom is -0.478 e. The average molecular weight is 179 g/mol. The molecule has 0 saturated heterocycles. The Morgan fingerprint density at radius 1 is 1.54 bits per heavy atom. The Kier molecular flexibility index (Phi) is 2.38. The molecule has 2 nitrogen and oxygen atoms in total. The van der Waals surface area contributed by atoms with E-state index in [0.29, 0.717) is 17.9 Å². The van der Waals surface area contributed by atoms with Crippen LogP contribution in [0.5, 0.6) is 0 Å². The number of rotatable bonds is 2. The third-order valence-electron chi connectivity index (χ3n) is 2.79. The highest BCUT2D eigenvalue weighted by Crippen LogP contribution is 2.24. The lowest BCUT2D eigenvalue weighted by atomic mass is 10.1. The van der Waals surface area contributed by atoms with E-state index in [1.165, 1.54) is 12.8 Å². The largest absolute Gasteiger partial charge is 0.478 e. The first kappa shape index (κ1) is 8.79. The summed E-state index contributed by atoms with van der Waals surface area (Å²) in [7, 11) is 0. The predicted octanol–water partition coefficient (Wildman–Crippen LogP) is 2.41. The zero-order valence-electron chi connectivity index (χ0n) is 8.36. The standard InChI is InChI=1S/C11H17NO/c1-8(2)10-7-13-11(12-10)9-5-3-4-6-9/h3,5,8-10H,4,6-7H2,1-2H3/t9?,10-/m1/s1. The van der Waals surface area contributed by atoms with Crippen molar-refractivity contribution >= 4 is 5.90 Å². The van der Waals surface area contributed by atoms with Crippen LogP contribution in [-0.2, 0) is 4.74 Å². The number of hydrogen-bond donors (Lipinski definition) is 0. The molecule has 0 fully saturated rings. The predicted molar refractivity (Wildman–Crippen MR) is 53.9 cm³/mol. The molecule has 0 aromatic heterocycles. The van der Waals surface area contributed by atoms with E-state index in [1.807, 2.05) is 0 Å². The third-order valence-corrected chi connectivity index (χ3v) is 2.79. The smallest absolute Gasteiger partial charge is 0.190 e. The van der Waals surface area contributed by atoms with Gasteiger partial charge in [-0.1, -0.05) is 26.0 Å². The summed E-state index contributed by atoms with van der Waals surface area (Å²) in [6.07, 6.45) is 6.81. The SMILES string of the molecule is CC(C)[C@H]1COC(C2C=CCC2)=N1. The Bertz CT molecular complexity index is 242. The van der Waals surface area contributed by atoms with Crippen molar-refractivity contribution < 1.29 is 4.74 Å². The van der Waals surface area contributed by atoms with Gasteiger partial charge in [0.25, 0.3) is 0 Å². The van der Waals surface area contributed by atoms with Crippen LogP contribution in [0.25, 0.3) is 0 Å². The zero-order valence-corrected chi connectivity index (χ0v) is 8.36. The second-order valence-corrected chi connectivity index (χ2v) is 4.20. The summed E-state index contributed by atoms with van der Waals surface area (Å²) in [5.74, 6) is 2.05. The van der Waals surface area contributed by atoms with E-state index in [0.717, 1.165) is 12.5 Å². The molecule has 72 valence electrons. The number of allylic oxidation sites excluding steroid dienone is 1. The van der Waals surface area contributed by atoms with Gasteiger partial charge in [-0.15, -0.1) is 0 Å². The van der Waals surface area contributed by atoms with E-state index < -0.39 is 0 Å². The van der Waals surface area contributed by atoms with Gasteiger partial charge in [0, 0.05) is 0 Å². The van der Waals surface area contributed by atoms with Crippen LogP contribution in [0.15, 0.2) is 17.1 Å². The van der Waals surface area contributed by atoms with E-state index in [9.17, 15) is 0 Å². The molecular weight excluding hydrogens is 162 g/mol. The Morgan fingerprint density at radius 2 is 2.38 bits per heavy atom. The van der Waals surface area contributed by atoms with Crippen molar-refractivity contribution in [1.82, 2.24) is 0 Å². The van der Waals surface area contributed by atoms with Crippen molar-refractivity contribution in [2.24, 2.45) is 16.8 Å². The quantitative estimate of drug-likeness (QED) is 0.596.